The molecule has 0 radical (unpaired) electrons. The molecule has 0 spiro atoms. The van der Waals surface area contributed by atoms with Crippen LogP contribution in [0.25, 0.3) is 0 Å². The molecule has 0 aliphatic heterocycles. The molecule has 0 fully saturated rings. The van der Waals surface area contributed by atoms with Crippen LogP contribution in [-0.2, 0) is 29.0 Å². The Labute approximate surface area is 226 Å². The average Bonchev–Trinajstić information content (AvgIpc) is 2.84. The molecule has 184 valence electrons. The van der Waals surface area contributed by atoms with Crippen LogP contribution in [0.1, 0.15) is 30.0 Å². The molecule has 0 bridgehead atoms. The Morgan fingerprint density at radius 1 is 0.857 bits per heavy atom. The van der Waals surface area contributed by atoms with E-state index in [1.54, 1.807) is 41.3 Å². The van der Waals surface area contributed by atoms with E-state index in [4.69, 9.17) is 46.4 Å². The number of rotatable bonds is 10. The average molecular weight is 552 g/mol. The van der Waals surface area contributed by atoms with Crippen LogP contribution in [0.2, 0.25) is 20.1 Å². The molecule has 1 atom stereocenters. The highest BCUT2D eigenvalue weighted by Crippen LogP contribution is 2.26. The fourth-order valence-electron chi connectivity index (χ4n) is 3.68. The molecule has 0 aromatic heterocycles. The minimum Gasteiger partial charge on any atom is -0.354 e. The smallest absolute Gasteiger partial charge is 0.243 e. The van der Waals surface area contributed by atoms with Gasteiger partial charge >= 0.3 is 0 Å². The maximum atomic E-state index is 13.7. The van der Waals surface area contributed by atoms with Gasteiger partial charge in [0.2, 0.25) is 11.8 Å². The third-order valence-corrected chi connectivity index (χ3v) is 6.84. The molecule has 35 heavy (non-hydrogen) atoms. The van der Waals surface area contributed by atoms with Crippen molar-refractivity contribution in [2.24, 2.45) is 0 Å². The van der Waals surface area contributed by atoms with Crippen molar-refractivity contribution in [3.8, 4) is 0 Å². The topological polar surface area (TPSA) is 49.4 Å². The molecule has 4 nitrogen and oxygen atoms in total. The molecule has 3 rings (SSSR count). The van der Waals surface area contributed by atoms with E-state index in [-0.39, 0.29) is 24.8 Å². The Morgan fingerprint density at radius 3 is 2.26 bits per heavy atom. The first-order chi connectivity index (χ1) is 16.8. The molecule has 0 saturated heterocycles. The number of nitrogens with one attached hydrogen (secondary N) is 1. The van der Waals surface area contributed by atoms with Crippen LogP contribution in [0, 0.1) is 0 Å². The van der Waals surface area contributed by atoms with E-state index in [1.165, 1.54) is 0 Å². The highest BCUT2D eigenvalue weighted by Gasteiger charge is 2.30. The molecule has 8 heteroatoms. The van der Waals surface area contributed by atoms with Gasteiger partial charge in [-0.1, -0.05) is 95.8 Å². The Balaban J connectivity index is 1.99. The summed E-state index contributed by atoms with van der Waals surface area (Å²) >= 11 is 24.7. The summed E-state index contributed by atoms with van der Waals surface area (Å²) < 4.78 is 0. The van der Waals surface area contributed by atoms with Crippen LogP contribution in [-0.4, -0.2) is 29.3 Å². The third kappa shape index (κ3) is 7.88. The number of carbonyl (C=O) groups excluding carboxylic acids is 2. The molecular weight excluding hydrogens is 526 g/mol. The Bertz CT molecular complexity index is 1170. The Hall–Kier alpha value is -2.24. The monoisotopic (exact) mass is 550 g/mol. The maximum Gasteiger partial charge on any atom is 0.243 e. The molecule has 0 aliphatic rings. The zero-order valence-corrected chi connectivity index (χ0v) is 22.3. The second-order valence-corrected chi connectivity index (χ2v) is 9.84. The number of halogens is 4. The van der Waals surface area contributed by atoms with Crippen molar-refractivity contribution in [1.29, 1.82) is 0 Å². The van der Waals surface area contributed by atoms with Crippen molar-refractivity contribution >= 4 is 58.2 Å². The van der Waals surface area contributed by atoms with Gasteiger partial charge in [0.1, 0.15) is 6.04 Å². The number of amides is 2. The van der Waals surface area contributed by atoms with Gasteiger partial charge in [0.05, 0.1) is 16.5 Å². The number of carbonyl (C=O) groups is 2. The van der Waals surface area contributed by atoms with E-state index in [0.717, 1.165) is 17.5 Å². The summed E-state index contributed by atoms with van der Waals surface area (Å²) in [6.45, 7) is 2.67. The number of hydrogen-bond donors (Lipinski definition) is 1. The first-order valence-electron chi connectivity index (χ1n) is 11.3. The fourth-order valence-corrected chi connectivity index (χ4v) is 4.48. The minimum atomic E-state index is -0.739. The molecule has 0 aliphatic carbocycles. The Morgan fingerprint density at radius 2 is 1.60 bits per heavy atom. The van der Waals surface area contributed by atoms with E-state index >= 15 is 0 Å². The van der Waals surface area contributed by atoms with Gasteiger partial charge in [0, 0.05) is 29.6 Å². The van der Waals surface area contributed by atoms with Crippen molar-refractivity contribution in [1.82, 2.24) is 10.2 Å². The summed E-state index contributed by atoms with van der Waals surface area (Å²) in [4.78, 5) is 28.6. The van der Waals surface area contributed by atoms with Gasteiger partial charge in [-0.3, -0.25) is 9.59 Å². The molecular formula is C27H26Cl4N2O2. The number of nitrogens with zero attached hydrogens (tertiary/aromatic N) is 1. The van der Waals surface area contributed by atoms with Crippen molar-refractivity contribution in [2.75, 3.05) is 6.54 Å². The lowest BCUT2D eigenvalue weighted by Crippen LogP contribution is -2.51. The second-order valence-electron chi connectivity index (χ2n) is 8.18. The molecule has 0 heterocycles. The van der Waals surface area contributed by atoms with Crippen LogP contribution < -0.4 is 5.32 Å². The van der Waals surface area contributed by atoms with Gasteiger partial charge in [-0.2, -0.15) is 0 Å². The van der Waals surface area contributed by atoms with Gasteiger partial charge in [-0.05, 0) is 47.4 Å². The van der Waals surface area contributed by atoms with E-state index < -0.39 is 6.04 Å². The lowest BCUT2D eigenvalue weighted by atomic mass is 10.0. The maximum absolute atomic E-state index is 13.7. The van der Waals surface area contributed by atoms with E-state index in [0.29, 0.717) is 38.6 Å². The summed E-state index contributed by atoms with van der Waals surface area (Å²) in [5.41, 5.74) is 2.34. The highest BCUT2D eigenvalue weighted by molar-refractivity contribution is 6.42. The largest absolute Gasteiger partial charge is 0.354 e. The van der Waals surface area contributed by atoms with Gasteiger partial charge in [-0.25, -0.2) is 0 Å². The van der Waals surface area contributed by atoms with E-state index in [1.807, 2.05) is 37.3 Å². The van der Waals surface area contributed by atoms with Crippen LogP contribution in [0.3, 0.4) is 0 Å². The summed E-state index contributed by atoms with van der Waals surface area (Å²) in [5, 5.41) is 4.64. The molecule has 0 unspecified atom stereocenters. The van der Waals surface area contributed by atoms with Gasteiger partial charge in [0.25, 0.3) is 0 Å². The number of benzene rings is 3. The SMILES string of the molecule is CCCNC(=O)[C@@H](Cc1ccccc1)N(Cc1ccc(Cl)c(Cl)c1)C(=O)Cc1ccc(Cl)cc1Cl. The van der Waals surface area contributed by atoms with Crippen molar-refractivity contribution in [3.63, 3.8) is 0 Å². The number of hydrogen-bond acceptors (Lipinski definition) is 2. The zero-order valence-electron chi connectivity index (χ0n) is 19.2. The van der Waals surface area contributed by atoms with E-state index in [2.05, 4.69) is 5.32 Å². The third-order valence-electron chi connectivity index (χ3n) is 5.51. The summed E-state index contributed by atoms with van der Waals surface area (Å²) in [6.07, 6.45) is 1.16. The molecule has 3 aromatic rings. The predicted octanol–water partition coefficient (Wildman–Crippen LogP) is 7.01. The van der Waals surface area contributed by atoms with Crippen molar-refractivity contribution in [3.05, 3.63) is 104 Å². The standard InChI is InChI=1S/C27H26Cl4N2O2/c1-2-12-32-27(35)25(14-18-6-4-3-5-7-18)33(17-19-8-11-22(29)24(31)13-19)26(34)15-20-9-10-21(28)16-23(20)30/h3-11,13,16,25H,2,12,14-15,17H2,1H3,(H,32,35)/t25-/m1/s1. The second kappa shape index (κ2) is 13.2. The van der Waals surface area contributed by atoms with Crippen LogP contribution in [0.4, 0.5) is 0 Å². The molecule has 0 saturated carbocycles. The van der Waals surface area contributed by atoms with Gasteiger partial charge in [0.15, 0.2) is 0 Å². The lowest BCUT2D eigenvalue weighted by Gasteiger charge is -2.32. The molecule has 3 aromatic carbocycles. The minimum absolute atomic E-state index is 0.0175. The van der Waals surface area contributed by atoms with Gasteiger partial charge in [-0.15, -0.1) is 0 Å². The lowest BCUT2D eigenvalue weighted by molar-refractivity contribution is -0.140. The van der Waals surface area contributed by atoms with Gasteiger partial charge < -0.3 is 10.2 Å². The van der Waals surface area contributed by atoms with Crippen LogP contribution in [0.5, 0.6) is 0 Å². The zero-order chi connectivity index (χ0) is 25.4. The van der Waals surface area contributed by atoms with Crippen LogP contribution in [0.15, 0.2) is 66.7 Å². The van der Waals surface area contributed by atoms with Crippen molar-refractivity contribution < 1.29 is 9.59 Å². The summed E-state index contributed by atoms with van der Waals surface area (Å²) in [6, 6.07) is 19.1. The fraction of sp³-hybridized carbons (Fsp3) is 0.259. The predicted molar refractivity (Wildman–Crippen MR) is 144 cm³/mol. The Kier molecular flexibility index (Phi) is 10.3. The normalized spacial score (nSPS) is 11.7. The highest BCUT2D eigenvalue weighted by atomic mass is 35.5. The summed E-state index contributed by atoms with van der Waals surface area (Å²) in [5.74, 6) is -0.459. The first kappa shape index (κ1) is 27.3. The quantitative estimate of drug-likeness (QED) is 0.294. The van der Waals surface area contributed by atoms with E-state index in [9.17, 15) is 9.59 Å². The van der Waals surface area contributed by atoms with Crippen molar-refractivity contribution in [2.45, 2.75) is 38.8 Å². The first-order valence-corrected chi connectivity index (χ1v) is 12.8. The molecule has 1 N–H and O–H groups in total. The summed E-state index contributed by atoms with van der Waals surface area (Å²) in [7, 11) is 0. The molecule has 2 amide bonds. The van der Waals surface area contributed by atoms with Crippen LogP contribution >= 0.6 is 46.4 Å².